The van der Waals surface area contributed by atoms with E-state index >= 15 is 0 Å². The summed E-state index contributed by atoms with van der Waals surface area (Å²) >= 11 is 0. The molecule has 0 aliphatic carbocycles. The Kier molecular flexibility index (Phi) is 5.52. The van der Waals surface area contributed by atoms with Gasteiger partial charge in [0.15, 0.2) is 5.82 Å². The van der Waals surface area contributed by atoms with Gasteiger partial charge >= 0.3 is 0 Å². The van der Waals surface area contributed by atoms with Crippen LogP contribution >= 0.6 is 0 Å². The highest BCUT2D eigenvalue weighted by Crippen LogP contribution is 2.35. The maximum absolute atomic E-state index is 13.3. The lowest BCUT2D eigenvalue weighted by Crippen LogP contribution is -2.36. The number of fused-ring (bicyclic) bond motifs is 1. The summed E-state index contributed by atoms with van der Waals surface area (Å²) in [5.41, 5.74) is 3.27. The molecule has 29 heavy (non-hydrogen) atoms. The van der Waals surface area contributed by atoms with Gasteiger partial charge < -0.3 is 9.80 Å². The first kappa shape index (κ1) is 19.8. The maximum atomic E-state index is 13.3. The minimum absolute atomic E-state index is 0.0238. The number of nitrogens with zero attached hydrogens (tertiary/aromatic N) is 4. The first-order chi connectivity index (χ1) is 13.9. The van der Waals surface area contributed by atoms with Crippen LogP contribution in [0.15, 0.2) is 24.3 Å². The van der Waals surface area contributed by atoms with E-state index < -0.39 is 0 Å². The Labute approximate surface area is 172 Å². The van der Waals surface area contributed by atoms with E-state index in [4.69, 9.17) is 9.97 Å². The van der Waals surface area contributed by atoms with Gasteiger partial charge in [0.05, 0.1) is 6.04 Å². The van der Waals surface area contributed by atoms with E-state index in [1.165, 1.54) is 17.7 Å². The Balaban J connectivity index is 1.66. The third-order valence-electron chi connectivity index (χ3n) is 5.98. The van der Waals surface area contributed by atoms with Crippen LogP contribution in [0.1, 0.15) is 61.8 Å². The molecule has 2 aliphatic heterocycles. The maximum Gasteiger partial charge on any atom is 0.225 e. The number of carbonyl (C=O) groups excluding carboxylic acids is 1. The Morgan fingerprint density at radius 1 is 1.17 bits per heavy atom. The molecule has 3 heterocycles. The van der Waals surface area contributed by atoms with Gasteiger partial charge in [-0.1, -0.05) is 26.0 Å². The van der Waals surface area contributed by atoms with Gasteiger partial charge in [0.25, 0.3) is 0 Å². The molecule has 0 unspecified atom stereocenters. The number of benzene rings is 1. The summed E-state index contributed by atoms with van der Waals surface area (Å²) in [6.45, 7) is 8.33. The Morgan fingerprint density at radius 3 is 2.66 bits per heavy atom. The van der Waals surface area contributed by atoms with Gasteiger partial charge in [0.2, 0.25) is 5.91 Å². The number of halogens is 1. The first-order valence-corrected chi connectivity index (χ1v) is 10.6. The molecule has 154 valence electrons. The van der Waals surface area contributed by atoms with Gasteiger partial charge in [-0.3, -0.25) is 4.79 Å². The lowest BCUT2D eigenvalue weighted by atomic mass is 10.0. The fourth-order valence-electron chi connectivity index (χ4n) is 4.45. The van der Waals surface area contributed by atoms with E-state index in [0.29, 0.717) is 6.54 Å². The zero-order valence-electron chi connectivity index (χ0n) is 17.5. The Hall–Kier alpha value is -2.50. The molecule has 1 aromatic carbocycles. The number of carbonyl (C=O) groups is 1. The number of amides is 1. The molecule has 0 N–H and O–H groups in total. The van der Waals surface area contributed by atoms with E-state index in [0.717, 1.165) is 61.7 Å². The molecule has 0 saturated carbocycles. The van der Waals surface area contributed by atoms with Crippen molar-refractivity contribution in [2.45, 2.75) is 59.0 Å². The highest BCUT2D eigenvalue weighted by atomic mass is 19.1. The number of aryl methyl sites for hydroxylation is 1. The van der Waals surface area contributed by atoms with Crippen molar-refractivity contribution in [3.63, 3.8) is 0 Å². The van der Waals surface area contributed by atoms with Gasteiger partial charge in [-0.2, -0.15) is 0 Å². The summed E-state index contributed by atoms with van der Waals surface area (Å²) in [6, 6.07) is 6.63. The van der Waals surface area contributed by atoms with E-state index in [9.17, 15) is 9.18 Å². The van der Waals surface area contributed by atoms with Crippen LogP contribution in [0.3, 0.4) is 0 Å². The average molecular weight is 397 g/mol. The van der Waals surface area contributed by atoms with Crippen LogP contribution in [0.4, 0.5) is 10.2 Å². The quantitative estimate of drug-likeness (QED) is 0.777. The van der Waals surface area contributed by atoms with E-state index in [2.05, 4.69) is 11.8 Å². The zero-order valence-corrected chi connectivity index (χ0v) is 17.5. The molecule has 1 fully saturated rings. The number of likely N-dealkylation sites (tertiary alicyclic amines) is 1. The molecule has 6 heteroatoms. The fourth-order valence-corrected chi connectivity index (χ4v) is 4.45. The summed E-state index contributed by atoms with van der Waals surface area (Å²) in [4.78, 5) is 26.7. The number of hydrogen-bond donors (Lipinski definition) is 0. The number of anilines is 1. The molecule has 1 amide bonds. The van der Waals surface area contributed by atoms with E-state index in [1.807, 2.05) is 30.9 Å². The van der Waals surface area contributed by atoms with Crippen LogP contribution in [-0.4, -0.2) is 33.9 Å². The number of rotatable bonds is 4. The average Bonchev–Trinajstić information content (AvgIpc) is 3.19. The highest BCUT2D eigenvalue weighted by Gasteiger charge is 2.34. The molecule has 1 saturated heterocycles. The van der Waals surface area contributed by atoms with E-state index in [-0.39, 0.29) is 23.7 Å². The second kappa shape index (κ2) is 8.09. The van der Waals surface area contributed by atoms with Crippen molar-refractivity contribution < 1.29 is 9.18 Å². The van der Waals surface area contributed by atoms with Crippen molar-refractivity contribution in [3.8, 4) is 0 Å². The molecular weight excluding hydrogens is 367 g/mol. The predicted octanol–water partition coefficient (Wildman–Crippen LogP) is 4.20. The fraction of sp³-hybridized carbons (Fsp3) is 0.522. The number of hydrogen-bond acceptors (Lipinski definition) is 4. The topological polar surface area (TPSA) is 49.3 Å². The summed E-state index contributed by atoms with van der Waals surface area (Å²) in [5, 5.41) is 0. The SMILES string of the molecule is Cc1nc([C@H]2CCCN2C(=O)C(C)C)nc2c1CCCN2Cc1ccc(F)cc1. The van der Waals surface area contributed by atoms with Crippen molar-refractivity contribution in [3.05, 3.63) is 52.7 Å². The Bertz CT molecular complexity index is 896. The Morgan fingerprint density at radius 2 is 1.93 bits per heavy atom. The largest absolute Gasteiger partial charge is 0.352 e. The third-order valence-corrected chi connectivity index (χ3v) is 5.98. The smallest absolute Gasteiger partial charge is 0.225 e. The van der Waals surface area contributed by atoms with Crippen molar-refractivity contribution in [1.29, 1.82) is 0 Å². The van der Waals surface area contributed by atoms with Gasteiger partial charge in [-0.05, 0) is 50.3 Å². The van der Waals surface area contributed by atoms with Gasteiger partial charge in [0.1, 0.15) is 11.6 Å². The lowest BCUT2D eigenvalue weighted by Gasteiger charge is -2.32. The molecule has 0 spiro atoms. The molecular formula is C23H29FN4O. The molecule has 0 radical (unpaired) electrons. The minimum atomic E-state index is -0.218. The van der Waals surface area contributed by atoms with Crippen molar-refractivity contribution in [2.75, 3.05) is 18.0 Å². The molecule has 1 atom stereocenters. The van der Waals surface area contributed by atoms with Crippen molar-refractivity contribution >= 4 is 11.7 Å². The zero-order chi connectivity index (χ0) is 20.5. The standard InChI is InChI=1S/C23H29FN4O/c1-15(2)23(29)28-13-5-7-20(28)21-25-16(3)19-6-4-12-27(22(19)26-21)14-17-8-10-18(24)11-9-17/h8-11,15,20H,4-7,12-14H2,1-3H3/t20-/m1/s1. The summed E-state index contributed by atoms with van der Waals surface area (Å²) < 4.78 is 13.3. The summed E-state index contributed by atoms with van der Waals surface area (Å²) in [6.07, 6.45) is 3.93. The second-order valence-electron chi connectivity index (χ2n) is 8.47. The summed E-state index contributed by atoms with van der Waals surface area (Å²) in [7, 11) is 0. The second-order valence-corrected chi connectivity index (χ2v) is 8.47. The van der Waals surface area contributed by atoms with Crippen molar-refractivity contribution in [1.82, 2.24) is 14.9 Å². The van der Waals surface area contributed by atoms with Crippen LogP contribution in [0.25, 0.3) is 0 Å². The molecule has 2 aromatic rings. The lowest BCUT2D eigenvalue weighted by molar-refractivity contribution is -0.135. The molecule has 2 aliphatic rings. The van der Waals surface area contributed by atoms with Crippen LogP contribution in [0, 0.1) is 18.7 Å². The van der Waals surface area contributed by atoms with Gasteiger partial charge in [0, 0.05) is 36.8 Å². The first-order valence-electron chi connectivity index (χ1n) is 10.6. The van der Waals surface area contributed by atoms with E-state index in [1.54, 1.807) is 0 Å². The molecule has 1 aromatic heterocycles. The molecule has 4 rings (SSSR count). The van der Waals surface area contributed by atoms with Gasteiger partial charge in [-0.15, -0.1) is 0 Å². The normalized spacial score (nSPS) is 19.0. The summed E-state index contributed by atoms with van der Waals surface area (Å²) in [5.74, 6) is 1.68. The third kappa shape index (κ3) is 3.98. The van der Waals surface area contributed by atoms with Gasteiger partial charge in [-0.25, -0.2) is 14.4 Å². The molecule has 5 nitrogen and oxygen atoms in total. The monoisotopic (exact) mass is 396 g/mol. The van der Waals surface area contributed by atoms with Crippen LogP contribution in [-0.2, 0) is 17.8 Å². The predicted molar refractivity (Wildman–Crippen MR) is 111 cm³/mol. The van der Waals surface area contributed by atoms with Crippen LogP contribution in [0.5, 0.6) is 0 Å². The van der Waals surface area contributed by atoms with Crippen LogP contribution < -0.4 is 4.90 Å². The molecule has 0 bridgehead atoms. The number of aromatic nitrogens is 2. The van der Waals surface area contributed by atoms with Crippen LogP contribution in [0.2, 0.25) is 0 Å². The highest BCUT2D eigenvalue weighted by molar-refractivity contribution is 5.78. The minimum Gasteiger partial charge on any atom is -0.352 e. The van der Waals surface area contributed by atoms with Crippen molar-refractivity contribution in [2.24, 2.45) is 5.92 Å².